The molecule has 0 radical (unpaired) electrons. The lowest BCUT2D eigenvalue weighted by Crippen LogP contribution is -2.25. The van der Waals surface area contributed by atoms with Crippen LogP contribution in [0.1, 0.15) is 49.7 Å². The van der Waals surface area contributed by atoms with Crippen molar-refractivity contribution in [3.05, 3.63) is 35.4 Å². The predicted octanol–water partition coefficient (Wildman–Crippen LogP) is 2.62. The number of hydrogen-bond acceptors (Lipinski definition) is 2. The minimum Gasteiger partial charge on any atom is -0.384 e. The summed E-state index contributed by atoms with van der Waals surface area (Å²) in [5.74, 6) is 6.22. The standard InChI is InChI=1S/C18H23NO2/c20-11-5-10-15-8-4-9-17(12-15)14-19-18(21)13-16-6-2-1-3-7-16/h4,8-9,12,16,20H,1-3,6-7,11,13-14H2,(H,19,21). The van der Waals surface area contributed by atoms with Crippen molar-refractivity contribution in [2.45, 2.75) is 45.1 Å². The molecule has 3 nitrogen and oxygen atoms in total. The fourth-order valence-electron chi connectivity index (χ4n) is 2.83. The number of nitrogens with one attached hydrogen (secondary N) is 1. The first kappa shape index (κ1) is 15.6. The molecule has 2 rings (SSSR count). The zero-order valence-electron chi connectivity index (χ0n) is 12.4. The first-order chi connectivity index (χ1) is 10.3. The van der Waals surface area contributed by atoms with Crippen molar-refractivity contribution >= 4 is 5.91 Å². The van der Waals surface area contributed by atoms with Crippen LogP contribution in [0.25, 0.3) is 0 Å². The van der Waals surface area contributed by atoms with Crippen LogP contribution in [0.4, 0.5) is 0 Å². The van der Waals surface area contributed by atoms with Crippen molar-refractivity contribution in [3.8, 4) is 11.8 Å². The molecule has 0 aliphatic heterocycles. The van der Waals surface area contributed by atoms with Crippen LogP contribution < -0.4 is 5.32 Å². The monoisotopic (exact) mass is 285 g/mol. The van der Waals surface area contributed by atoms with Crippen LogP contribution in [-0.4, -0.2) is 17.6 Å². The Morgan fingerprint density at radius 2 is 2.10 bits per heavy atom. The molecule has 0 bridgehead atoms. The maximum Gasteiger partial charge on any atom is 0.220 e. The van der Waals surface area contributed by atoms with Crippen molar-refractivity contribution < 1.29 is 9.90 Å². The maximum absolute atomic E-state index is 12.0. The molecule has 1 fully saturated rings. The third-order valence-electron chi connectivity index (χ3n) is 3.93. The van der Waals surface area contributed by atoms with Gasteiger partial charge in [0.25, 0.3) is 0 Å². The lowest BCUT2D eigenvalue weighted by Gasteiger charge is -2.20. The number of aliphatic hydroxyl groups excluding tert-OH is 1. The molecule has 0 heterocycles. The topological polar surface area (TPSA) is 49.3 Å². The smallest absolute Gasteiger partial charge is 0.220 e. The first-order valence-corrected chi connectivity index (χ1v) is 7.73. The van der Waals surface area contributed by atoms with Crippen LogP contribution in [0, 0.1) is 17.8 Å². The lowest BCUT2D eigenvalue weighted by atomic mass is 9.87. The Labute approximate surface area is 126 Å². The summed E-state index contributed by atoms with van der Waals surface area (Å²) in [7, 11) is 0. The van der Waals surface area contributed by atoms with E-state index in [1.54, 1.807) is 0 Å². The molecule has 2 N–H and O–H groups in total. The van der Waals surface area contributed by atoms with E-state index in [-0.39, 0.29) is 12.5 Å². The zero-order valence-corrected chi connectivity index (χ0v) is 12.4. The summed E-state index contributed by atoms with van der Waals surface area (Å²) in [6.45, 7) is 0.405. The molecule has 3 heteroatoms. The third kappa shape index (κ3) is 5.61. The molecule has 0 saturated heterocycles. The van der Waals surface area contributed by atoms with Gasteiger partial charge >= 0.3 is 0 Å². The summed E-state index contributed by atoms with van der Waals surface area (Å²) < 4.78 is 0. The van der Waals surface area contributed by atoms with Gasteiger partial charge in [0.1, 0.15) is 6.61 Å². The predicted molar refractivity (Wildman–Crippen MR) is 83.4 cm³/mol. The van der Waals surface area contributed by atoms with E-state index in [1.807, 2.05) is 24.3 Å². The van der Waals surface area contributed by atoms with E-state index >= 15 is 0 Å². The van der Waals surface area contributed by atoms with Gasteiger partial charge in [-0.05, 0) is 36.5 Å². The molecular weight excluding hydrogens is 262 g/mol. The van der Waals surface area contributed by atoms with Crippen molar-refractivity contribution in [3.63, 3.8) is 0 Å². The van der Waals surface area contributed by atoms with Gasteiger partial charge in [-0.1, -0.05) is 43.2 Å². The minimum absolute atomic E-state index is 0.137. The SMILES string of the molecule is O=C(CC1CCCCC1)NCc1cccc(C#CCO)c1. The van der Waals surface area contributed by atoms with Crippen LogP contribution in [0.15, 0.2) is 24.3 Å². The Morgan fingerprint density at radius 1 is 1.29 bits per heavy atom. The van der Waals surface area contributed by atoms with Gasteiger partial charge in [-0.2, -0.15) is 0 Å². The Kier molecular flexibility index (Phi) is 6.30. The van der Waals surface area contributed by atoms with Crippen molar-refractivity contribution in [2.75, 3.05) is 6.61 Å². The third-order valence-corrected chi connectivity index (χ3v) is 3.93. The fraction of sp³-hybridized carbons (Fsp3) is 0.500. The normalized spacial score (nSPS) is 15.1. The van der Waals surface area contributed by atoms with Crippen molar-refractivity contribution in [1.29, 1.82) is 0 Å². The number of aliphatic hydroxyl groups is 1. The van der Waals surface area contributed by atoms with E-state index in [0.29, 0.717) is 18.9 Å². The Balaban J connectivity index is 1.80. The number of benzene rings is 1. The summed E-state index contributed by atoms with van der Waals surface area (Å²) >= 11 is 0. The summed E-state index contributed by atoms with van der Waals surface area (Å²) in [5, 5.41) is 11.7. The van der Waals surface area contributed by atoms with E-state index in [0.717, 1.165) is 11.1 Å². The Hall–Kier alpha value is -1.79. The molecule has 0 unspecified atom stereocenters. The molecule has 1 aliphatic carbocycles. The second kappa shape index (κ2) is 8.49. The largest absolute Gasteiger partial charge is 0.384 e. The van der Waals surface area contributed by atoms with Crippen molar-refractivity contribution in [1.82, 2.24) is 5.32 Å². The molecule has 1 amide bonds. The minimum atomic E-state index is -0.137. The molecule has 112 valence electrons. The van der Waals surface area contributed by atoms with Crippen LogP contribution in [0.3, 0.4) is 0 Å². The van der Waals surface area contributed by atoms with Crippen LogP contribution in [0.5, 0.6) is 0 Å². The lowest BCUT2D eigenvalue weighted by molar-refractivity contribution is -0.122. The van der Waals surface area contributed by atoms with E-state index in [9.17, 15) is 4.79 Å². The molecule has 0 atom stereocenters. The summed E-state index contributed by atoms with van der Waals surface area (Å²) in [6.07, 6.45) is 6.90. The van der Waals surface area contributed by atoms with E-state index in [1.165, 1.54) is 32.1 Å². The van der Waals surface area contributed by atoms with Gasteiger partial charge in [-0.15, -0.1) is 0 Å². The number of amides is 1. The summed E-state index contributed by atoms with van der Waals surface area (Å²) in [5.41, 5.74) is 1.90. The van der Waals surface area contributed by atoms with Crippen LogP contribution in [0.2, 0.25) is 0 Å². The highest BCUT2D eigenvalue weighted by Crippen LogP contribution is 2.26. The van der Waals surface area contributed by atoms with E-state index < -0.39 is 0 Å². The average Bonchev–Trinajstić information content (AvgIpc) is 2.52. The molecule has 0 spiro atoms. The van der Waals surface area contributed by atoms with Gasteiger partial charge in [0.15, 0.2) is 0 Å². The number of hydrogen-bond donors (Lipinski definition) is 2. The summed E-state index contributed by atoms with van der Waals surface area (Å²) in [4.78, 5) is 12.0. The summed E-state index contributed by atoms with van der Waals surface area (Å²) in [6, 6.07) is 7.74. The Bertz CT molecular complexity index is 522. The highest BCUT2D eigenvalue weighted by Gasteiger charge is 2.16. The highest BCUT2D eigenvalue weighted by molar-refractivity contribution is 5.76. The fourth-order valence-corrected chi connectivity index (χ4v) is 2.83. The highest BCUT2D eigenvalue weighted by atomic mass is 16.2. The van der Waals surface area contributed by atoms with Gasteiger partial charge in [0, 0.05) is 18.5 Å². The molecule has 1 aliphatic rings. The maximum atomic E-state index is 12.0. The van der Waals surface area contributed by atoms with Crippen molar-refractivity contribution in [2.24, 2.45) is 5.92 Å². The van der Waals surface area contributed by atoms with E-state index in [4.69, 9.17) is 5.11 Å². The van der Waals surface area contributed by atoms with Gasteiger partial charge in [-0.25, -0.2) is 0 Å². The Morgan fingerprint density at radius 3 is 2.86 bits per heavy atom. The first-order valence-electron chi connectivity index (χ1n) is 7.73. The second-order valence-electron chi connectivity index (χ2n) is 5.65. The number of carbonyl (C=O) groups is 1. The molecule has 1 aromatic carbocycles. The second-order valence-corrected chi connectivity index (χ2v) is 5.65. The number of carbonyl (C=O) groups excluding carboxylic acids is 1. The van der Waals surface area contributed by atoms with Gasteiger partial charge in [0.05, 0.1) is 0 Å². The van der Waals surface area contributed by atoms with Gasteiger partial charge in [0.2, 0.25) is 5.91 Å². The van der Waals surface area contributed by atoms with Gasteiger partial charge < -0.3 is 10.4 Å². The van der Waals surface area contributed by atoms with Gasteiger partial charge in [-0.3, -0.25) is 4.79 Å². The molecular formula is C18H23NO2. The molecule has 1 aromatic rings. The molecule has 21 heavy (non-hydrogen) atoms. The van der Waals surface area contributed by atoms with Crippen LogP contribution in [-0.2, 0) is 11.3 Å². The molecule has 1 saturated carbocycles. The molecule has 0 aromatic heterocycles. The average molecular weight is 285 g/mol. The van der Waals surface area contributed by atoms with E-state index in [2.05, 4.69) is 17.2 Å². The number of rotatable bonds is 4. The van der Waals surface area contributed by atoms with Crippen LogP contribution >= 0.6 is 0 Å². The zero-order chi connectivity index (χ0) is 14.9. The quantitative estimate of drug-likeness (QED) is 0.836.